The highest BCUT2D eigenvalue weighted by molar-refractivity contribution is 5.83. The summed E-state index contributed by atoms with van der Waals surface area (Å²) >= 11 is 0. The van der Waals surface area contributed by atoms with Gasteiger partial charge in [0, 0.05) is 25.7 Å². The molecule has 0 radical (unpaired) electrons. The fraction of sp³-hybridized carbons (Fsp3) is 0.588. The van der Waals surface area contributed by atoms with Crippen LogP contribution in [0.2, 0.25) is 0 Å². The van der Waals surface area contributed by atoms with Crippen molar-refractivity contribution in [2.75, 3.05) is 27.2 Å². The first-order chi connectivity index (χ1) is 10.1. The molecular weight excluding hydrogens is 262 g/mol. The molecule has 1 amide bonds. The van der Waals surface area contributed by atoms with Gasteiger partial charge in [-0.1, -0.05) is 31.2 Å². The number of nitrogens with zero attached hydrogens (tertiary/aromatic N) is 2. The molecule has 21 heavy (non-hydrogen) atoms. The maximum atomic E-state index is 12.8. The van der Waals surface area contributed by atoms with E-state index < -0.39 is 0 Å². The zero-order chi connectivity index (χ0) is 15.0. The number of nitrogens with one attached hydrogen (secondary N) is 1. The molecule has 1 N–H and O–H groups in total. The van der Waals surface area contributed by atoms with E-state index in [4.69, 9.17) is 0 Å². The predicted molar refractivity (Wildman–Crippen MR) is 84.0 cm³/mol. The van der Waals surface area contributed by atoms with E-state index in [0.717, 1.165) is 26.1 Å². The van der Waals surface area contributed by atoms with Gasteiger partial charge in [-0.25, -0.2) is 0 Å². The van der Waals surface area contributed by atoms with Crippen molar-refractivity contribution in [2.24, 2.45) is 5.92 Å². The summed E-state index contributed by atoms with van der Waals surface area (Å²) in [4.78, 5) is 17.0. The minimum Gasteiger partial charge on any atom is -0.339 e. The molecule has 3 rings (SSSR count). The summed E-state index contributed by atoms with van der Waals surface area (Å²) in [5.41, 5.74) is 2.63. The highest BCUT2D eigenvalue weighted by Gasteiger charge is 2.36. The van der Waals surface area contributed by atoms with Gasteiger partial charge in [0.05, 0.1) is 6.04 Å². The number of benzene rings is 1. The topological polar surface area (TPSA) is 35.6 Å². The van der Waals surface area contributed by atoms with Crippen LogP contribution in [0.1, 0.15) is 18.1 Å². The van der Waals surface area contributed by atoms with Crippen LogP contribution in [0, 0.1) is 5.92 Å². The molecule has 3 atom stereocenters. The molecule has 1 saturated heterocycles. The Labute approximate surface area is 127 Å². The minimum absolute atomic E-state index is 0.0620. The lowest BCUT2D eigenvalue weighted by Crippen LogP contribution is -2.49. The lowest BCUT2D eigenvalue weighted by molar-refractivity contribution is -0.132. The van der Waals surface area contributed by atoms with Gasteiger partial charge in [0.1, 0.15) is 0 Å². The number of likely N-dealkylation sites (tertiary alicyclic amines) is 1. The molecule has 1 aromatic carbocycles. The molecular formula is C17H25N3O. The summed E-state index contributed by atoms with van der Waals surface area (Å²) in [5, 5.41) is 3.41. The summed E-state index contributed by atoms with van der Waals surface area (Å²) in [6.07, 6.45) is 0.812. The normalized spacial score (nSPS) is 28.8. The van der Waals surface area contributed by atoms with E-state index in [9.17, 15) is 4.79 Å². The second kappa shape index (κ2) is 5.78. The average Bonchev–Trinajstić information content (AvgIpc) is 2.88. The van der Waals surface area contributed by atoms with Crippen LogP contribution in [0.25, 0.3) is 0 Å². The molecule has 1 aromatic rings. The zero-order valence-corrected chi connectivity index (χ0v) is 13.2. The van der Waals surface area contributed by atoms with E-state index in [1.54, 1.807) is 0 Å². The molecule has 0 saturated carbocycles. The van der Waals surface area contributed by atoms with Crippen LogP contribution in [0.4, 0.5) is 0 Å². The third-order valence-electron chi connectivity index (χ3n) is 4.93. The zero-order valence-electron chi connectivity index (χ0n) is 13.2. The van der Waals surface area contributed by atoms with Crippen molar-refractivity contribution in [1.29, 1.82) is 0 Å². The molecule has 0 aromatic heterocycles. The average molecular weight is 287 g/mol. The minimum atomic E-state index is -0.0620. The predicted octanol–water partition coefficient (Wildman–Crippen LogP) is 1.11. The first-order valence-corrected chi connectivity index (χ1v) is 7.81. The maximum absolute atomic E-state index is 12.8. The van der Waals surface area contributed by atoms with Crippen LogP contribution in [0.15, 0.2) is 24.3 Å². The third kappa shape index (κ3) is 2.83. The Hall–Kier alpha value is -1.39. The van der Waals surface area contributed by atoms with Crippen molar-refractivity contribution in [3.63, 3.8) is 0 Å². The van der Waals surface area contributed by atoms with Crippen molar-refractivity contribution in [2.45, 2.75) is 32.0 Å². The van der Waals surface area contributed by atoms with Gasteiger partial charge in [-0.05, 0) is 37.6 Å². The van der Waals surface area contributed by atoms with E-state index in [2.05, 4.69) is 55.5 Å². The Morgan fingerprint density at radius 1 is 1.24 bits per heavy atom. The molecule has 1 fully saturated rings. The number of hydrogen-bond donors (Lipinski definition) is 1. The molecule has 2 aliphatic heterocycles. The molecule has 2 aliphatic rings. The van der Waals surface area contributed by atoms with Crippen LogP contribution in [0.3, 0.4) is 0 Å². The molecule has 4 heteroatoms. The molecule has 0 aliphatic carbocycles. The van der Waals surface area contributed by atoms with Crippen LogP contribution in [0.5, 0.6) is 0 Å². The standard InChI is InChI=1S/C17H25N3O/c1-12-10-20(11-16(12)19(2)3)17(21)15-8-13-6-4-5-7-14(13)9-18-15/h4-7,12,15-16,18H,8-11H2,1-3H3/t12?,15-,16?/m0/s1. The fourth-order valence-electron chi connectivity index (χ4n) is 3.65. The SMILES string of the molecule is CC1CN(C(=O)[C@@H]2Cc3ccccc3CN2)CC1N(C)C. The number of amides is 1. The first kappa shape index (κ1) is 14.5. The number of likely N-dealkylation sites (N-methyl/N-ethyl adjacent to an activating group) is 1. The van der Waals surface area contributed by atoms with Crippen LogP contribution in [-0.4, -0.2) is 55.0 Å². The Bertz CT molecular complexity index is 529. The van der Waals surface area contributed by atoms with Gasteiger partial charge in [0.2, 0.25) is 5.91 Å². The Morgan fingerprint density at radius 2 is 1.95 bits per heavy atom. The van der Waals surface area contributed by atoms with Gasteiger partial charge in [0.15, 0.2) is 0 Å². The molecule has 114 valence electrons. The Balaban J connectivity index is 1.68. The highest BCUT2D eigenvalue weighted by atomic mass is 16.2. The largest absolute Gasteiger partial charge is 0.339 e. The summed E-state index contributed by atoms with van der Waals surface area (Å²) in [6, 6.07) is 8.82. The van der Waals surface area contributed by atoms with Crippen molar-refractivity contribution < 1.29 is 4.79 Å². The molecule has 2 heterocycles. The molecule has 2 unspecified atom stereocenters. The van der Waals surface area contributed by atoms with Gasteiger partial charge in [-0.3, -0.25) is 4.79 Å². The number of rotatable bonds is 2. The monoisotopic (exact) mass is 287 g/mol. The van der Waals surface area contributed by atoms with E-state index in [0.29, 0.717) is 12.0 Å². The molecule has 4 nitrogen and oxygen atoms in total. The van der Waals surface area contributed by atoms with Gasteiger partial charge < -0.3 is 15.1 Å². The first-order valence-electron chi connectivity index (χ1n) is 7.81. The van der Waals surface area contributed by atoms with E-state index in [1.165, 1.54) is 11.1 Å². The number of carbonyl (C=O) groups excluding carboxylic acids is 1. The quantitative estimate of drug-likeness (QED) is 0.885. The summed E-state index contributed by atoms with van der Waals surface area (Å²) in [7, 11) is 4.20. The van der Waals surface area contributed by atoms with Gasteiger partial charge in [0.25, 0.3) is 0 Å². The van der Waals surface area contributed by atoms with Gasteiger partial charge >= 0.3 is 0 Å². The van der Waals surface area contributed by atoms with E-state index in [-0.39, 0.29) is 11.9 Å². The maximum Gasteiger partial charge on any atom is 0.240 e. The van der Waals surface area contributed by atoms with Crippen molar-refractivity contribution in [1.82, 2.24) is 15.1 Å². The van der Waals surface area contributed by atoms with Crippen LogP contribution < -0.4 is 5.32 Å². The van der Waals surface area contributed by atoms with Crippen molar-refractivity contribution in [3.05, 3.63) is 35.4 Å². The summed E-state index contributed by atoms with van der Waals surface area (Å²) < 4.78 is 0. The second-order valence-electron chi connectivity index (χ2n) is 6.66. The number of carbonyl (C=O) groups is 1. The molecule has 0 spiro atoms. The summed E-state index contributed by atoms with van der Waals surface area (Å²) in [5.74, 6) is 0.806. The fourth-order valence-corrected chi connectivity index (χ4v) is 3.65. The lowest BCUT2D eigenvalue weighted by atomic mass is 9.95. The third-order valence-corrected chi connectivity index (χ3v) is 4.93. The molecule has 0 bridgehead atoms. The number of hydrogen-bond acceptors (Lipinski definition) is 3. The van der Waals surface area contributed by atoms with Gasteiger partial charge in [-0.2, -0.15) is 0 Å². The Kier molecular flexibility index (Phi) is 4.00. The van der Waals surface area contributed by atoms with Crippen molar-refractivity contribution in [3.8, 4) is 0 Å². The smallest absolute Gasteiger partial charge is 0.240 e. The highest BCUT2D eigenvalue weighted by Crippen LogP contribution is 2.23. The second-order valence-corrected chi connectivity index (χ2v) is 6.66. The summed E-state index contributed by atoms with van der Waals surface area (Å²) in [6.45, 7) is 4.77. The number of fused-ring (bicyclic) bond motifs is 1. The van der Waals surface area contributed by atoms with Crippen LogP contribution >= 0.6 is 0 Å². The lowest BCUT2D eigenvalue weighted by Gasteiger charge is -2.29. The van der Waals surface area contributed by atoms with Crippen LogP contribution in [-0.2, 0) is 17.8 Å². The Morgan fingerprint density at radius 3 is 2.62 bits per heavy atom. The van der Waals surface area contributed by atoms with E-state index in [1.807, 2.05) is 4.90 Å². The van der Waals surface area contributed by atoms with E-state index >= 15 is 0 Å². The van der Waals surface area contributed by atoms with Gasteiger partial charge in [-0.15, -0.1) is 0 Å². The van der Waals surface area contributed by atoms with Crippen molar-refractivity contribution >= 4 is 5.91 Å².